The summed E-state index contributed by atoms with van der Waals surface area (Å²) in [6.45, 7) is 4.14. The van der Waals surface area contributed by atoms with Gasteiger partial charge in [0.2, 0.25) is 0 Å². The molecule has 0 aliphatic rings. The van der Waals surface area contributed by atoms with Gasteiger partial charge >= 0.3 is 0 Å². The number of nitrogens with zero attached hydrogens (tertiary/aromatic N) is 1. The van der Waals surface area contributed by atoms with E-state index in [-0.39, 0.29) is 6.61 Å². The molecule has 1 aromatic carbocycles. The Balaban J connectivity index is 2.51. The minimum atomic E-state index is 0.139. The number of H-pyrrole nitrogens is 1. The quantitative estimate of drug-likeness (QED) is 0.826. The SMILES string of the molecule is Cc1nc(-c2ccccc2C)c(CCO)[nH]1. The first-order chi connectivity index (χ1) is 7.72. The molecular formula is C13H16N2O. The zero-order valence-corrected chi connectivity index (χ0v) is 9.62. The van der Waals surface area contributed by atoms with Crippen molar-refractivity contribution in [2.75, 3.05) is 6.61 Å². The predicted octanol–water partition coefficient (Wildman–Crippen LogP) is 2.23. The standard InChI is InChI=1S/C13H16N2O/c1-9-5-3-4-6-11(9)13-12(7-8-16)14-10(2)15-13/h3-6,16H,7-8H2,1-2H3,(H,14,15). The molecule has 1 heterocycles. The van der Waals surface area contributed by atoms with E-state index in [2.05, 4.69) is 29.0 Å². The normalized spacial score (nSPS) is 10.7. The van der Waals surface area contributed by atoms with Crippen LogP contribution >= 0.6 is 0 Å². The van der Waals surface area contributed by atoms with Gasteiger partial charge in [-0.1, -0.05) is 24.3 Å². The minimum Gasteiger partial charge on any atom is -0.396 e. The Morgan fingerprint density at radius 2 is 2.00 bits per heavy atom. The van der Waals surface area contributed by atoms with Gasteiger partial charge in [0.1, 0.15) is 5.82 Å². The Morgan fingerprint density at radius 3 is 2.69 bits per heavy atom. The number of hydrogen-bond acceptors (Lipinski definition) is 2. The average molecular weight is 216 g/mol. The summed E-state index contributed by atoms with van der Waals surface area (Å²) in [5.74, 6) is 0.890. The monoisotopic (exact) mass is 216 g/mol. The fourth-order valence-electron chi connectivity index (χ4n) is 1.89. The van der Waals surface area contributed by atoms with E-state index in [4.69, 9.17) is 5.11 Å². The number of aryl methyl sites for hydroxylation is 2. The third kappa shape index (κ3) is 1.99. The number of hydrogen-bond donors (Lipinski definition) is 2. The first kappa shape index (κ1) is 10.9. The summed E-state index contributed by atoms with van der Waals surface area (Å²) >= 11 is 0. The largest absolute Gasteiger partial charge is 0.396 e. The van der Waals surface area contributed by atoms with Crippen LogP contribution in [0.1, 0.15) is 17.1 Å². The molecule has 0 bridgehead atoms. The number of aromatic amines is 1. The van der Waals surface area contributed by atoms with Gasteiger partial charge in [0.05, 0.1) is 5.69 Å². The summed E-state index contributed by atoms with van der Waals surface area (Å²) in [7, 11) is 0. The lowest BCUT2D eigenvalue weighted by Gasteiger charge is -2.04. The maximum absolute atomic E-state index is 9.02. The van der Waals surface area contributed by atoms with Crippen molar-refractivity contribution in [2.24, 2.45) is 0 Å². The second-order valence-electron chi connectivity index (χ2n) is 3.94. The summed E-state index contributed by atoms with van der Waals surface area (Å²) in [5, 5.41) is 9.02. The van der Waals surface area contributed by atoms with Crippen molar-refractivity contribution < 1.29 is 5.11 Å². The Hall–Kier alpha value is -1.61. The highest BCUT2D eigenvalue weighted by Gasteiger charge is 2.11. The van der Waals surface area contributed by atoms with Crippen molar-refractivity contribution >= 4 is 0 Å². The van der Waals surface area contributed by atoms with Crippen LogP contribution in [0.4, 0.5) is 0 Å². The Labute approximate surface area is 95.2 Å². The highest BCUT2D eigenvalue weighted by molar-refractivity contribution is 5.65. The number of benzene rings is 1. The molecule has 0 fully saturated rings. The summed E-state index contributed by atoms with van der Waals surface area (Å²) in [4.78, 5) is 7.69. The van der Waals surface area contributed by atoms with Crippen molar-refractivity contribution in [2.45, 2.75) is 20.3 Å². The molecule has 3 nitrogen and oxygen atoms in total. The van der Waals surface area contributed by atoms with Crippen LogP contribution in [0.3, 0.4) is 0 Å². The minimum absolute atomic E-state index is 0.139. The van der Waals surface area contributed by atoms with Gasteiger partial charge < -0.3 is 10.1 Å². The van der Waals surface area contributed by atoms with Crippen molar-refractivity contribution in [3.8, 4) is 11.3 Å². The first-order valence-electron chi connectivity index (χ1n) is 5.44. The van der Waals surface area contributed by atoms with Crippen LogP contribution in [0.5, 0.6) is 0 Å². The molecule has 2 rings (SSSR count). The van der Waals surface area contributed by atoms with E-state index in [1.807, 2.05) is 19.1 Å². The molecule has 0 aliphatic carbocycles. The third-order valence-electron chi connectivity index (χ3n) is 2.66. The van der Waals surface area contributed by atoms with E-state index in [1.165, 1.54) is 5.56 Å². The first-order valence-corrected chi connectivity index (χ1v) is 5.44. The topological polar surface area (TPSA) is 48.9 Å². The molecule has 0 atom stereocenters. The van der Waals surface area contributed by atoms with Crippen molar-refractivity contribution in [1.82, 2.24) is 9.97 Å². The van der Waals surface area contributed by atoms with E-state index < -0.39 is 0 Å². The fraction of sp³-hybridized carbons (Fsp3) is 0.308. The molecule has 3 heteroatoms. The fourth-order valence-corrected chi connectivity index (χ4v) is 1.89. The van der Waals surface area contributed by atoms with E-state index in [1.54, 1.807) is 0 Å². The summed E-state index contributed by atoms with van der Waals surface area (Å²) < 4.78 is 0. The summed E-state index contributed by atoms with van der Waals surface area (Å²) in [6.07, 6.45) is 0.616. The van der Waals surface area contributed by atoms with Crippen LogP contribution in [0.15, 0.2) is 24.3 Å². The number of nitrogens with one attached hydrogen (secondary N) is 1. The molecular weight excluding hydrogens is 200 g/mol. The highest BCUT2D eigenvalue weighted by atomic mass is 16.3. The van der Waals surface area contributed by atoms with Crippen LogP contribution in [-0.2, 0) is 6.42 Å². The van der Waals surface area contributed by atoms with Crippen molar-refractivity contribution in [1.29, 1.82) is 0 Å². The van der Waals surface area contributed by atoms with Crippen LogP contribution in [0.25, 0.3) is 11.3 Å². The van der Waals surface area contributed by atoms with Gasteiger partial charge in [0.25, 0.3) is 0 Å². The van der Waals surface area contributed by atoms with E-state index in [0.29, 0.717) is 6.42 Å². The van der Waals surface area contributed by atoms with Crippen LogP contribution < -0.4 is 0 Å². The number of aliphatic hydroxyl groups is 1. The van der Waals surface area contributed by atoms with Gasteiger partial charge in [-0.15, -0.1) is 0 Å². The van der Waals surface area contributed by atoms with Crippen LogP contribution in [-0.4, -0.2) is 21.7 Å². The summed E-state index contributed by atoms with van der Waals surface area (Å²) in [6, 6.07) is 8.16. The molecule has 2 N–H and O–H groups in total. The summed E-state index contributed by atoms with van der Waals surface area (Å²) in [5.41, 5.74) is 4.31. The number of aromatic nitrogens is 2. The van der Waals surface area contributed by atoms with Crippen molar-refractivity contribution in [3.05, 3.63) is 41.3 Å². The lowest BCUT2D eigenvalue weighted by molar-refractivity contribution is 0.298. The van der Waals surface area contributed by atoms with Gasteiger partial charge in [-0.2, -0.15) is 0 Å². The molecule has 84 valence electrons. The predicted molar refractivity (Wildman–Crippen MR) is 64.3 cm³/mol. The molecule has 0 radical (unpaired) electrons. The van der Waals surface area contributed by atoms with Crippen LogP contribution in [0.2, 0.25) is 0 Å². The third-order valence-corrected chi connectivity index (χ3v) is 2.66. The molecule has 0 unspecified atom stereocenters. The molecule has 0 saturated heterocycles. The van der Waals surface area contributed by atoms with Gasteiger partial charge in [0, 0.05) is 24.3 Å². The number of imidazole rings is 1. The zero-order valence-electron chi connectivity index (χ0n) is 9.62. The Morgan fingerprint density at radius 1 is 1.25 bits per heavy atom. The van der Waals surface area contributed by atoms with Crippen molar-refractivity contribution in [3.63, 3.8) is 0 Å². The van der Waals surface area contributed by atoms with Gasteiger partial charge in [-0.25, -0.2) is 4.98 Å². The van der Waals surface area contributed by atoms with Gasteiger partial charge in [-0.05, 0) is 19.4 Å². The highest BCUT2D eigenvalue weighted by Crippen LogP contribution is 2.25. The molecule has 0 amide bonds. The molecule has 16 heavy (non-hydrogen) atoms. The Kier molecular flexibility index (Phi) is 3.06. The maximum atomic E-state index is 9.02. The van der Waals surface area contributed by atoms with E-state index in [9.17, 15) is 0 Å². The number of rotatable bonds is 3. The molecule has 1 aromatic heterocycles. The van der Waals surface area contributed by atoms with E-state index in [0.717, 1.165) is 22.8 Å². The lowest BCUT2D eigenvalue weighted by Crippen LogP contribution is -1.94. The second kappa shape index (κ2) is 4.49. The molecule has 2 aromatic rings. The smallest absolute Gasteiger partial charge is 0.103 e. The second-order valence-corrected chi connectivity index (χ2v) is 3.94. The average Bonchev–Trinajstić information content (AvgIpc) is 2.61. The molecule has 0 aliphatic heterocycles. The van der Waals surface area contributed by atoms with E-state index >= 15 is 0 Å². The van der Waals surface area contributed by atoms with Gasteiger partial charge in [-0.3, -0.25) is 0 Å². The number of aliphatic hydroxyl groups excluding tert-OH is 1. The lowest BCUT2D eigenvalue weighted by atomic mass is 10.0. The molecule has 0 saturated carbocycles. The van der Waals surface area contributed by atoms with Gasteiger partial charge in [0.15, 0.2) is 0 Å². The zero-order chi connectivity index (χ0) is 11.5. The Bertz CT molecular complexity index is 488. The van der Waals surface area contributed by atoms with Crippen LogP contribution in [0, 0.1) is 13.8 Å². The molecule has 0 spiro atoms. The maximum Gasteiger partial charge on any atom is 0.103 e.